The number of ether oxygens (including phenoxy) is 2. The number of nitrogens with one attached hydrogen (secondary N) is 1. The van der Waals surface area contributed by atoms with E-state index in [9.17, 15) is 4.79 Å². The Morgan fingerprint density at radius 1 is 0.979 bits per heavy atom. The van der Waals surface area contributed by atoms with Crippen molar-refractivity contribution >= 4 is 62.2 Å². The van der Waals surface area contributed by atoms with E-state index in [0.29, 0.717) is 29.9 Å². The predicted molar refractivity (Wildman–Crippen MR) is 200 cm³/mol. The van der Waals surface area contributed by atoms with E-state index in [0.717, 1.165) is 5.56 Å². The van der Waals surface area contributed by atoms with Crippen LogP contribution in [0.5, 0.6) is 0 Å². The smallest absolute Gasteiger partial charge is 0.337 e. The van der Waals surface area contributed by atoms with Gasteiger partial charge in [0.05, 0.1) is 12.4 Å². The molecule has 2 aromatic heterocycles. The highest BCUT2D eigenvalue weighted by Crippen LogP contribution is 2.45. The molecule has 3 heterocycles. The van der Waals surface area contributed by atoms with E-state index >= 15 is 0 Å². The molecule has 1 aliphatic heterocycles. The van der Waals surface area contributed by atoms with Crippen molar-refractivity contribution in [3.05, 3.63) is 46.1 Å². The van der Waals surface area contributed by atoms with Crippen LogP contribution in [0.2, 0.25) is 36.3 Å². The number of aromatic nitrogens is 4. The Kier molecular flexibility index (Phi) is 11.1. The monoisotopic (exact) mass is 795 g/mol. The van der Waals surface area contributed by atoms with Gasteiger partial charge >= 0.3 is 5.97 Å². The fourth-order valence-corrected chi connectivity index (χ4v) is 7.78. The molecule has 1 aliphatic rings. The molecule has 0 amide bonds. The van der Waals surface area contributed by atoms with Crippen molar-refractivity contribution in [2.24, 2.45) is 0 Å². The molecule has 1 unspecified atom stereocenters. The van der Waals surface area contributed by atoms with E-state index in [4.69, 9.17) is 23.3 Å². The molecule has 1 aromatic carbocycles. The van der Waals surface area contributed by atoms with Gasteiger partial charge in [-0.25, -0.2) is 19.7 Å². The van der Waals surface area contributed by atoms with Crippen LogP contribution in [-0.2, 0) is 29.7 Å². The molecule has 1 saturated heterocycles. The van der Waals surface area contributed by atoms with Crippen LogP contribution in [0.4, 0.5) is 5.82 Å². The quantitative estimate of drug-likeness (QED) is 0.123. The lowest BCUT2D eigenvalue weighted by Crippen LogP contribution is -2.55. The van der Waals surface area contributed by atoms with E-state index in [2.05, 4.69) is 130 Å². The maximum absolute atomic E-state index is 14.0. The van der Waals surface area contributed by atoms with Crippen LogP contribution in [0.15, 0.2) is 36.9 Å². The average molecular weight is 796 g/mol. The van der Waals surface area contributed by atoms with E-state index in [1.54, 1.807) is 6.33 Å². The highest BCUT2D eigenvalue weighted by atomic mass is 127. The van der Waals surface area contributed by atoms with E-state index in [1.165, 1.54) is 9.90 Å². The summed E-state index contributed by atoms with van der Waals surface area (Å²) in [6.07, 6.45) is 1.20. The molecule has 3 aromatic rings. The van der Waals surface area contributed by atoms with Gasteiger partial charge in [-0.1, -0.05) is 53.7 Å². The van der Waals surface area contributed by atoms with Crippen LogP contribution >= 0.6 is 22.6 Å². The summed E-state index contributed by atoms with van der Waals surface area (Å²) in [6.45, 7) is 28.1. The first-order chi connectivity index (χ1) is 21.5. The molecule has 10 nitrogen and oxygen atoms in total. The first kappa shape index (κ1) is 37.9. The standard InChI is InChI=1S/C34H54IN5O5Si2/c1-32(2,3)43-31(41)28(45-47(12,13)34(7,8)9)27-24(44-46(10,11)33(4,5)6)18-25(42-27)40-21-39-26-29(37-20-38-30(26)40)36-19-22-14-16-23(35)17-15-22/h14-17,20-21,24-25,27-28H,18-19H2,1-13H3,(H,36,37,38)/t24-,25+,27-,28?/m0/s1. The maximum atomic E-state index is 14.0. The number of rotatable bonds is 10. The van der Waals surface area contributed by atoms with E-state index < -0.39 is 52.7 Å². The topological polar surface area (TPSA) is 110 Å². The molecule has 260 valence electrons. The molecule has 13 heteroatoms. The Balaban J connectivity index is 1.72. The third kappa shape index (κ3) is 9.01. The minimum atomic E-state index is -2.45. The number of fused-ring (bicyclic) bond motifs is 1. The van der Waals surface area contributed by atoms with Gasteiger partial charge in [0.2, 0.25) is 0 Å². The van der Waals surface area contributed by atoms with Crippen molar-refractivity contribution in [1.29, 1.82) is 0 Å². The number of carbonyl (C=O) groups is 1. The van der Waals surface area contributed by atoms with Gasteiger partial charge < -0.3 is 23.6 Å². The molecule has 4 atom stereocenters. The van der Waals surface area contributed by atoms with Crippen LogP contribution in [-0.4, -0.2) is 66.0 Å². The lowest BCUT2D eigenvalue weighted by atomic mass is 10.1. The number of nitrogens with zero attached hydrogens (tertiary/aromatic N) is 4. The van der Waals surface area contributed by atoms with Gasteiger partial charge in [0.15, 0.2) is 39.7 Å². The summed E-state index contributed by atoms with van der Waals surface area (Å²) < 4.78 is 29.9. The third-order valence-electron chi connectivity index (χ3n) is 9.57. The minimum absolute atomic E-state index is 0.0517. The summed E-state index contributed by atoms with van der Waals surface area (Å²) in [5, 5.41) is 3.23. The van der Waals surface area contributed by atoms with Crippen molar-refractivity contribution in [2.75, 3.05) is 5.32 Å². The first-order valence-electron chi connectivity index (χ1n) is 16.4. The molecule has 47 heavy (non-hydrogen) atoms. The molecule has 0 saturated carbocycles. The van der Waals surface area contributed by atoms with Crippen LogP contribution in [0.25, 0.3) is 11.2 Å². The number of hydrogen-bond acceptors (Lipinski definition) is 9. The van der Waals surface area contributed by atoms with E-state index in [1.807, 2.05) is 25.3 Å². The second-order valence-electron chi connectivity index (χ2n) is 16.6. The highest BCUT2D eigenvalue weighted by molar-refractivity contribution is 14.1. The summed E-state index contributed by atoms with van der Waals surface area (Å²) in [7, 11) is -4.75. The number of esters is 1. The SMILES string of the molecule is CC(C)(C)OC(=O)C(O[Si](C)(C)C(C)(C)C)[C@H]1O[C@@H](n2cnc3c(NCc4ccc(I)cc4)ncnc32)C[C@@H]1O[Si](C)(C)C(C)(C)C. The fraction of sp³-hybridized carbons (Fsp3) is 0.647. The molecule has 0 radical (unpaired) electrons. The predicted octanol–water partition coefficient (Wildman–Crippen LogP) is 8.45. The molecule has 0 aliphatic carbocycles. The summed E-state index contributed by atoms with van der Waals surface area (Å²) in [4.78, 5) is 27.9. The van der Waals surface area contributed by atoms with Crippen LogP contribution in [0.1, 0.15) is 80.5 Å². The Hall–Kier alpha value is -1.92. The maximum Gasteiger partial charge on any atom is 0.337 e. The summed E-state index contributed by atoms with van der Waals surface area (Å²) in [5.41, 5.74) is 1.73. The molecule has 0 spiro atoms. The van der Waals surface area contributed by atoms with Gasteiger partial charge in [-0.15, -0.1) is 0 Å². The number of anilines is 1. The molecule has 0 bridgehead atoms. The van der Waals surface area contributed by atoms with Crippen molar-refractivity contribution in [1.82, 2.24) is 19.5 Å². The van der Waals surface area contributed by atoms with Crippen molar-refractivity contribution in [3.63, 3.8) is 0 Å². The normalized spacial score (nSPS) is 20.4. The van der Waals surface area contributed by atoms with Gasteiger partial charge in [0.25, 0.3) is 0 Å². The van der Waals surface area contributed by atoms with Gasteiger partial charge in [-0.05, 0) is 97.3 Å². The number of carbonyl (C=O) groups excluding carboxylic acids is 1. The van der Waals surface area contributed by atoms with Gasteiger partial charge in [-0.3, -0.25) is 4.57 Å². The highest BCUT2D eigenvalue weighted by Gasteiger charge is 2.53. The first-order valence-corrected chi connectivity index (χ1v) is 23.3. The summed E-state index contributed by atoms with van der Waals surface area (Å²) in [6, 6.07) is 8.34. The summed E-state index contributed by atoms with van der Waals surface area (Å²) >= 11 is 2.30. The Morgan fingerprint density at radius 3 is 2.17 bits per heavy atom. The fourth-order valence-electron chi connectivity index (χ4n) is 4.86. The summed E-state index contributed by atoms with van der Waals surface area (Å²) in [5.74, 6) is 0.209. The Bertz CT molecular complexity index is 1540. The number of benzene rings is 1. The van der Waals surface area contributed by atoms with Crippen molar-refractivity contribution in [3.8, 4) is 0 Å². The Morgan fingerprint density at radius 2 is 1.60 bits per heavy atom. The number of hydrogen-bond donors (Lipinski definition) is 1. The zero-order valence-corrected chi connectivity index (χ0v) is 34.6. The molecular weight excluding hydrogens is 741 g/mol. The molecule has 1 N–H and O–H groups in total. The number of imidazole rings is 1. The molecule has 4 rings (SSSR count). The van der Waals surface area contributed by atoms with Crippen molar-refractivity contribution in [2.45, 2.75) is 142 Å². The van der Waals surface area contributed by atoms with Crippen LogP contribution in [0.3, 0.4) is 0 Å². The van der Waals surface area contributed by atoms with Gasteiger partial charge in [0, 0.05) is 16.5 Å². The zero-order valence-electron chi connectivity index (χ0n) is 30.4. The molecular formula is C34H54IN5O5Si2. The minimum Gasteiger partial charge on any atom is -0.458 e. The largest absolute Gasteiger partial charge is 0.458 e. The van der Waals surface area contributed by atoms with Gasteiger partial charge in [0.1, 0.15) is 24.3 Å². The van der Waals surface area contributed by atoms with Crippen LogP contribution < -0.4 is 5.32 Å². The van der Waals surface area contributed by atoms with E-state index in [-0.39, 0.29) is 10.1 Å². The van der Waals surface area contributed by atoms with Gasteiger partial charge in [-0.2, -0.15) is 0 Å². The second-order valence-corrected chi connectivity index (χ2v) is 27.3. The average Bonchev–Trinajstić information content (AvgIpc) is 3.53. The lowest BCUT2D eigenvalue weighted by Gasteiger charge is -2.43. The third-order valence-corrected chi connectivity index (χ3v) is 19.3. The number of halogens is 1. The Labute approximate surface area is 296 Å². The lowest BCUT2D eigenvalue weighted by molar-refractivity contribution is -0.175. The van der Waals surface area contributed by atoms with Crippen molar-refractivity contribution < 1.29 is 23.1 Å². The second kappa shape index (κ2) is 13.8. The molecule has 1 fully saturated rings. The van der Waals surface area contributed by atoms with Crippen LogP contribution in [0, 0.1) is 3.57 Å². The zero-order chi connectivity index (χ0) is 35.2.